The maximum Gasteiger partial charge on any atom is 0.178 e. The number of aromatic nitrogens is 2. The third-order valence-electron chi connectivity index (χ3n) is 2.71. The molecule has 0 aliphatic heterocycles. The van der Waals surface area contributed by atoms with Crippen LogP contribution in [-0.2, 0) is 5.54 Å². The topological polar surface area (TPSA) is 29.9 Å². The van der Waals surface area contributed by atoms with Crippen molar-refractivity contribution < 1.29 is 4.74 Å². The maximum absolute atomic E-state index is 5.82. The van der Waals surface area contributed by atoms with Crippen molar-refractivity contribution in [2.24, 2.45) is 0 Å². The van der Waals surface area contributed by atoms with Crippen molar-refractivity contribution in [1.82, 2.24) is 9.55 Å². The number of nitrogens with zero attached hydrogens (tertiary/aromatic N) is 1. The van der Waals surface area contributed by atoms with Crippen LogP contribution in [0.3, 0.4) is 0 Å². The van der Waals surface area contributed by atoms with Crippen LogP contribution >= 0.6 is 12.2 Å². The van der Waals surface area contributed by atoms with Crippen LogP contribution in [0.4, 0.5) is 0 Å². The van der Waals surface area contributed by atoms with Crippen LogP contribution in [-0.4, -0.2) is 15.7 Å². The van der Waals surface area contributed by atoms with Gasteiger partial charge in [0.25, 0.3) is 0 Å². The minimum Gasteiger partial charge on any atom is -0.489 e. The molecule has 0 saturated carbocycles. The standard InChI is InChI=1S/C14H20N2OS/c1-9(2)17-11-8-6-7-10-12(11)15-13(18)16(10)14(3,4)5/h6-9H,1-5H3,(H,15,18). The van der Waals surface area contributed by atoms with Crippen molar-refractivity contribution in [2.75, 3.05) is 0 Å². The number of H-pyrrole nitrogens is 1. The predicted molar refractivity (Wildman–Crippen MR) is 77.9 cm³/mol. The van der Waals surface area contributed by atoms with Crippen LogP contribution in [0.15, 0.2) is 18.2 Å². The molecule has 0 unspecified atom stereocenters. The summed E-state index contributed by atoms with van der Waals surface area (Å²) < 4.78 is 8.68. The molecule has 0 fully saturated rings. The molecule has 1 heterocycles. The van der Waals surface area contributed by atoms with Gasteiger partial charge in [-0.15, -0.1) is 0 Å². The number of nitrogens with one attached hydrogen (secondary N) is 1. The molecule has 0 amide bonds. The average molecular weight is 264 g/mol. The van der Waals surface area contributed by atoms with Crippen LogP contribution in [0.5, 0.6) is 5.75 Å². The third-order valence-corrected chi connectivity index (χ3v) is 3.00. The van der Waals surface area contributed by atoms with E-state index in [1.165, 1.54) is 0 Å². The zero-order chi connectivity index (χ0) is 13.5. The lowest BCUT2D eigenvalue weighted by atomic mass is 10.1. The Bertz CT molecular complexity index is 617. The van der Waals surface area contributed by atoms with Gasteiger partial charge in [0.2, 0.25) is 0 Å². The summed E-state index contributed by atoms with van der Waals surface area (Å²) >= 11 is 5.43. The Hall–Kier alpha value is -1.29. The number of para-hydroxylation sites is 1. The lowest BCUT2D eigenvalue weighted by Gasteiger charge is -2.22. The average Bonchev–Trinajstić information content (AvgIpc) is 2.53. The monoisotopic (exact) mass is 264 g/mol. The molecule has 0 aliphatic rings. The van der Waals surface area contributed by atoms with Gasteiger partial charge in [-0.25, -0.2) is 0 Å². The Morgan fingerprint density at radius 3 is 2.50 bits per heavy atom. The third kappa shape index (κ3) is 2.29. The fraction of sp³-hybridized carbons (Fsp3) is 0.500. The van der Waals surface area contributed by atoms with Crippen LogP contribution < -0.4 is 4.74 Å². The molecule has 1 N–H and O–H groups in total. The molecular formula is C14H20N2OS. The first-order valence-corrected chi connectivity index (χ1v) is 6.62. The molecule has 1 aromatic carbocycles. The Morgan fingerprint density at radius 2 is 1.94 bits per heavy atom. The summed E-state index contributed by atoms with van der Waals surface area (Å²) in [5.41, 5.74) is 2.02. The number of imidazole rings is 1. The minimum atomic E-state index is -0.0498. The summed E-state index contributed by atoms with van der Waals surface area (Å²) in [6.07, 6.45) is 0.149. The van der Waals surface area contributed by atoms with Crippen molar-refractivity contribution in [3.8, 4) is 5.75 Å². The smallest absolute Gasteiger partial charge is 0.178 e. The lowest BCUT2D eigenvalue weighted by molar-refractivity contribution is 0.245. The van der Waals surface area contributed by atoms with Gasteiger partial charge >= 0.3 is 0 Å². The first kappa shape index (κ1) is 13.1. The first-order chi connectivity index (χ1) is 8.30. The van der Waals surface area contributed by atoms with Crippen molar-refractivity contribution in [3.63, 3.8) is 0 Å². The zero-order valence-electron chi connectivity index (χ0n) is 11.6. The van der Waals surface area contributed by atoms with Gasteiger partial charge in [0, 0.05) is 5.54 Å². The van der Waals surface area contributed by atoms with E-state index in [-0.39, 0.29) is 11.6 Å². The molecule has 0 aliphatic carbocycles. The van der Waals surface area contributed by atoms with Crippen LogP contribution in [0, 0.1) is 4.77 Å². The summed E-state index contributed by atoms with van der Waals surface area (Å²) in [5, 5.41) is 0. The van der Waals surface area contributed by atoms with Gasteiger partial charge in [0.15, 0.2) is 4.77 Å². The highest BCUT2D eigenvalue weighted by atomic mass is 32.1. The minimum absolute atomic E-state index is 0.0498. The highest BCUT2D eigenvalue weighted by molar-refractivity contribution is 7.71. The molecule has 98 valence electrons. The number of fused-ring (bicyclic) bond motifs is 1. The number of ether oxygens (including phenoxy) is 1. The molecule has 2 aromatic rings. The fourth-order valence-corrected chi connectivity index (χ4v) is 2.60. The molecule has 1 aromatic heterocycles. The van der Waals surface area contributed by atoms with Crippen molar-refractivity contribution in [3.05, 3.63) is 23.0 Å². The van der Waals surface area contributed by atoms with Gasteiger partial charge < -0.3 is 14.3 Å². The summed E-state index contributed by atoms with van der Waals surface area (Å²) in [7, 11) is 0. The number of aromatic amines is 1. The molecule has 0 bridgehead atoms. The normalized spacial score (nSPS) is 12.3. The molecule has 0 radical (unpaired) electrons. The zero-order valence-corrected chi connectivity index (χ0v) is 12.4. The van der Waals surface area contributed by atoms with E-state index in [0.29, 0.717) is 0 Å². The Labute approximate surface area is 113 Å². The molecule has 3 nitrogen and oxygen atoms in total. The van der Waals surface area contributed by atoms with Gasteiger partial charge in [0.05, 0.1) is 11.6 Å². The van der Waals surface area contributed by atoms with Crippen LogP contribution in [0.25, 0.3) is 11.0 Å². The number of hydrogen-bond acceptors (Lipinski definition) is 2. The van der Waals surface area contributed by atoms with Crippen LogP contribution in [0.1, 0.15) is 34.6 Å². The highest BCUT2D eigenvalue weighted by Crippen LogP contribution is 2.29. The molecule has 18 heavy (non-hydrogen) atoms. The second kappa shape index (κ2) is 4.43. The van der Waals surface area contributed by atoms with E-state index in [0.717, 1.165) is 21.6 Å². The fourth-order valence-electron chi connectivity index (χ4n) is 2.12. The van der Waals surface area contributed by atoms with E-state index in [2.05, 4.69) is 36.4 Å². The van der Waals surface area contributed by atoms with E-state index in [4.69, 9.17) is 17.0 Å². The van der Waals surface area contributed by atoms with Crippen molar-refractivity contribution >= 4 is 23.3 Å². The van der Waals surface area contributed by atoms with E-state index in [1.54, 1.807) is 0 Å². The molecule has 0 saturated heterocycles. The second-order valence-electron chi connectivity index (χ2n) is 5.75. The van der Waals surface area contributed by atoms with Crippen molar-refractivity contribution in [1.29, 1.82) is 0 Å². The molecule has 0 spiro atoms. The highest BCUT2D eigenvalue weighted by Gasteiger charge is 2.19. The summed E-state index contributed by atoms with van der Waals surface area (Å²) in [5.74, 6) is 0.858. The quantitative estimate of drug-likeness (QED) is 0.822. The van der Waals surface area contributed by atoms with E-state index in [1.807, 2.05) is 26.0 Å². The van der Waals surface area contributed by atoms with Crippen LogP contribution in [0.2, 0.25) is 0 Å². The number of hydrogen-bond donors (Lipinski definition) is 1. The first-order valence-electron chi connectivity index (χ1n) is 6.21. The van der Waals surface area contributed by atoms with E-state index >= 15 is 0 Å². The SMILES string of the molecule is CC(C)Oc1cccc2c1[nH]c(=S)n2C(C)(C)C. The van der Waals surface area contributed by atoms with Gasteiger partial charge in [-0.1, -0.05) is 6.07 Å². The Kier molecular flexibility index (Phi) is 3.23. The van der Waals surface area contributed by atoms with Gasteiger partial charge in [-0.2, -0.15) is 0 Å². The van der Waals surface area contributed by atoms with Gasteiger partial charge in [0.1, 0.15) is 11.3 Å². The molecular weight excluding hydrogens is 244 g/mol. The molecule has 4 heteroatoms. The predicted octanol–water partition coefficient (Wildman–Crippen LogP) is 4.24. The summed E-state index contributed by atoms with van der Waals surface area (Å²) in [6.45, 7) is 10.5. The van der Waals surface area contributed by atoms with E-state index in [9.17, 15) is 0 Å². The summed E-state index contributed by atoms with van der Waals surface area (Å²) in [4.78, 5) is 3.26. The van der Waals surface area contributed by atoms with Gasteiger partial charge in [-0.3, -0.25) is 0 Å². The lowest BCUT2D eigenvalue weighted by Crippen LogP contribution is -2.21. The Balaban J connectivity index is 2.71. The van der Waals surface area contributed by atoms with E-state index < -0.39 is 0 Å². The molecule has 2 rings (SSSR count). The maximum atomic E-state index is 5.82. The van der Waals surface area contributed by atoms with Gasteiger partial charge in [-0.05, 0) is 59.0 Å². The number of benzene rings is 1. The number of rotatable bonds is 2. The van der Waals surface area contributed by atoms with Crippen molar-refractivity contribution in [2.45, 2.75) is 46.3 Å². The largest absolute Gasteiger partial charge is 0.489 e. The molecule has 0 atom stereocenters. The second-order valence-corrected chi connectivity index (χ2v) is 6.14. The summed E-state index contributed by atoms with van der Waals surface area (Å²) in [6, 6.07) is 6.05. The Morgan fingerprint density at radius 1 is 1.28 bits per heavy atom.